The molecule has 142 valence electrons. The number of carbonyl (C=O) groups excluding carboxylic acids is 3. The largest absolute Gasteiger partial charge is 0.465 e. The third-order valence-electron chi connectivity index (χ3n) is 3.95. The Bertz CT molecular complexity index is 821. The maximum Gasteiger partial charge on any atom is 0.339 e. The molecule has 0 unspecified atom stereocenters. The van der Waals surface area contributed by atoms with Crippen LogP contribution in [0.25, 0.3) is 0 Å². The predicted molar refractivity (Wildman–Crippen MR) is 104 cm³/mol. The Kier molecular flexibility index (Phi) is 7.37. The zero-order valence-electron chi connectivity index (χ0n) is 15.2. The number of para-hydroxylation sites is 1. The first-order valence-corrected chi connectivity index (χ1v) is 8.76. The van der Waals surface area contributed by atoms with Gasteiger partial charge >= 0.3 is 5.97 Å². The van der Waals surface area contributed by atoms with Gasteiger partial charge in [0.2, 0.25) is 11.8 Å². The number of nitrogens with zero attached hydrogens (tertiary/aromatic N) is 1. The van der Waals surface area contributed by atoms with E-state index in [1.807, 2.05) is 12.1 Å². The molecule has 0 aliphatic heterocycles. The van der Waals surface area contributed by atoms with Gasteiger partial charge in [0.15, 0.2) is 0 Å². The van der Waals surface area contributed by atoms with Crippen molar-refractivity contribution in [2.45, 2.75) is 19.9 Å². The molecule has 0 aromatic heterocycles. The summed E-state index contributed by atoms with van der Waals surface area (Å²) >= 11 is 5.83. The maximum atomic E-state index is 12.1. The number of methoxy groups -OCH3 is 1. The van der Waals surface area contributed by atoms with E-state index >= 15 is 0 Å². The van der Waals surface area contributed by atoms with Gasteiger partial charge in [0.1, 0.15) is 0 Å². The van der Waals surface area contributed by atoms with Crippen LogP contribution < -0.4 is 10.2 Å². The zero-order valence-corrected chi connectivity index (χ0v) is 16.0. The van der Waals surface area contributed by atoms with Gasteiger partial charge in [-0.1, -0.05) is 35.9 Å². The van der Waals surface area contributed by atoms with Gasteiger partial charge in [0.05, 0.1) is 18.4 Å². The number of rotatable bonds is 7. The summed E-state index contributed by atoms with van der Waals surface area (Å²) in [6.45, 7) is 1.91. The van der Waals surface area contributed by atoms with Crippen molar-refractivity contribution >= 4 is 35.1 Å². The molecule has 1 N–H and O–H groups in total. The third kappa shape index (κ3) is 5.82. The number of hydrogen-bond donors (Lipinski definition) is 1. The Morgan fingerprint density at radius 3 is 2.37 bits per heavy atom. The Morgan fingerprint density at radius 2 is 1.74 bits per heavy atom. The number of nitrogens with one attached hydrogen (secondary N) is 1. The maximum absolute atomic E-state index is 12.1. The standard InChI is InChI=1S/C20H21ClN2O4/c1-14(24)23(18-6-4-3-5-17(18)20(26)27-2)12-11-19(25)22-13-15-7-9-16(21)10-8-15/h3-10H,11-13H2,1-2H3,(H,22,25). The highest BCUT2D eigenvalue weighted by Crippen LogP contribution is 2.22. The van der Waals surface area contributed by atoms with E-state index in [4.69, 9.17) is 16.3 Å². The lowest BCUT2D eigenvalue weighted by Crippen LogP contribution is -2.34. The Labute approximate surface area is 163 Å². The van der Waals surface area contributed by atoms with E-state index in [-0.39, 0.29) is 30.3 Å². The van der Waals surface area contributed by atoms with Crippen molar-refractivity contribution in [3.63, 3.8) is 0 Å². The molecule has 0 radical (unpaired) electrons. The molecule has 0 saturated carbocycles. The SMILES string of the molecule is COC(=O)c1ccccc1N(CCC(=O)NCc1ccc(Cl)cc1)C(C)=O. The molecule has 7 heteroatoms. The van der Waals surface area contributed by atoms with Gasteiger partial charge in [0.25, 0.3) is 0 Å². The van der Waals surface area contributed by atoms with Crippen molar-refractivity contribution in [1.82, 2.24) is 5.32 Å². The number of esters is 1. The van der Waals surface area contributed by atoms with Crippen LogP contribution in [-0.2, 0) is 20.9 Å². The Balaban J connectivity index is 2.00. The highest BCUT2D eigenvalue weighted by atomic mass is 35.5. The summed E-state index contributed by atoms with van der Waals surface area (Å²) < 4.78 is 4.76. The normalized spacial score (nSPS) is 10.2. The fourth-order valence-corrected chi connectivity index (χ4v) is 2.67. The van der Waals surface area contributed by atoms with E-state index in [1.165, 1.54) is 18.9 Å². The van der Waals surface area contributed by atoms with E-state index in [0.29, 0.717) is 17.3 Å². The number of halogens is 1. The average molecular weight is 389 g/mol. The number of benzene rings is 2. The van der Waals surface area contributed by atoms with Gasteiger partial charge in [-0.25, -0.2) is 4.79 Å². The number of ether oxygens (including phenoxy) is 1. The molecule has 6 nitrogen and oxygen atoms in total. The van der Waals surface area contributed by atoms with Gasteiger partial charge in [-0.15, -0.1) is 0 Å². The molecule has 2 aromatic carbocycles. The molecule has 0 atom stereocenters. The summed E-state index contributed by atoms with van der Waals surface area (Å²) in [7, 11) is 1.28. The smallest absolute Gasteiger partial charge is 0.339 e. The number of hydrogen-bond acceptors (Lipinski definition) is 4. The molecule has 0 bridgehead atoms. The topological polar surface area (TPSA) is 75.7 Å². The van der Waals surface area contributed by atoms with Gasteiger partial charge < -0.3 is 15.0 Å². The second-order valence-corrected chi connectivity index (χ2v) is 6.27. The van der Waals surface area contributed by atoms with Crippen molar-refractivity contribution in [2.75, 3.05) is 18.6 Å². The fraction of sp³-hybridized carbons (Fsp3) is 0.250. The number of anilines is 1. The summed E-state index contributed by atoms with van der Waals surface area (Å²) in [6.07, 6.45) is 0.0999. The molecular formula is C20H21ClN2O4. The molecule has 0 spiro atoms. The van der Waals surface area contributed by atoms with Crippen molar-refractivity contribution in [2.24, 2.45) is 0 Å². The van der Waals surface area contributed by atoms with Crippen molar-refractivity contribution in [3.05, 3.63) is 64.7 Å². The first kappa shape index (κ1) is 20.5. The Morgan fingerprint density at radius 1 is 1.07 bits per heavy atom. The number of amides is 2. The summed E-state index contributed by atoms with van der Waals surface area (Å²) in [4.78, 5) is 37.5. The number of carbonyl (C=O) groups is 3. The van der Waals surface area contributed by atoms with Crippen LogP contribution in [0, 0.1) is 0 Å². The monoisotopic (exact) mass is 388 g/mol. The zero-order chi connectivity index (χ0) is 19.8. The van der Waals surface area contributed by atoms with E-state index in [0.717, 1.165) is 5.56 Å². The molecule has 2 aromatic rings. The highest BCUT2D eigenvalue weighted by Gasteiger charge is 2.20. The summed E-state index contributed by atoms with van der Waals surface area (Å²) in [5.41, 5.74) is 1.62. The van der Waals surface area contributed by atoms with Gasteiger partial charge in [-0.05, 0) is 29.8 Å². The molecule has 0 saturated heterocycles. The summed E-state index contributed by atoms with van der Waals surface area (Å²) in [5.74, 6) is -1.01. The predicted octanol–water partition coefficient (Wildman–Crippen LogP) is 3.19. The lowest BCUT2D eigenvalue weighted by atomic mass is 10.1. The minimum absolute atomic E-state index is 0.0999. The van der Waals surface area contributed by atoms with Crippen LogP contribution in [0.5, 0.6) is 0 Å². The van der Waals surface area contributed by atoms with E-state index < -0.39 is 5.97 Å². The lowest BCUT2D eigenvalue weighted by Gasteiger charge is -2.23. The van der Waals surface area contributed by atoms with Crippen molar-refractivity contribution < 1.29 is 19.1 Å². The van der Waals surface area contributed by atoms with E-state index in [9.17, 15) is 14.4 Å². The van der Waals surface area contributed by atoms with Gasteiger partial charge in [0, 0.05) is 31.5 Å². The van der Waals surface area contributed by atoms with Crippen molar-refractivity contribution in [3.8, 4) is 0 Å². The van der Waals surface area contributed by atoms with Gasteiger partial charge in [-0.2, -0.15) is 0 Å². The second kappa shape index (κ2) is 9.73. The van der Waals surface area contributed by atoms with Crippen LogP contribution in [0.1, 0.15) is 29.3 Å². The molecule has 2 amide bonds. The van der Waals surface area contributed by atoms with E-state index in [2.05, 4.69) is 5.32 Å². The molecule has 0 fully saturated rings. The average Bonchev–Trinajstić information content (AvgIpc) is 2.67. The summed E-state index contributed by atoms with van der Waals surface area (Å²) in [5, 5.41) is 3.43. The summed E-state index contributed by atoms with van der Waals surface area (Å²) in [6, 6.07) is 13.8. The second-order valence-electron chi connectivity index (χ2n) is 5.83. The first-order valence-electron chi connectivity index (χ1n) is 8.39. The van der Waals surface area contributed by atoms with Gasteiger partial charge in [-0.3, -0.25) is 9.59 Å². The van der Waals surface area contributed by atoms with Crippen LogP contribution in [0.3, 0.4) is 0 Å². The molecule has 27 heavy (non-hydrogen) atoms. The molecule has 0 aliphatic carbocycles. The fourth-order valence-electron chi connectivity index (χ4n) is 2.54. The highest BCUT2D eigenvalue weighted by molar-refractivity contribution is 6.30. The minimum Gasteiger partial charge on any atom is -0.465 e. The quantitative estimate of drug-likeness (QED) is 0.739. The minimum atomic E-state index is -0.538. The van der Waals surface area contributed by atoms with E-state index in [1.54, 1.807) is 36.4 Å². The molecular weight excluding hydrogens is 368 g/mol. The molecule has 2 rings (SSSR count). The van der Waals surface area contributed by atoms with Crippen molar-refractivity contribution in [1.29, 1.82) is 0 Å². The molecule has 0 heterocycles. The van der Waals surface area contributed by atoms with Crippen LogP contribution in [0.15, 0.2) is 48.5 Å². The van der Waals surface area contributed by atoms with Crippen LogP contribution in [0.4, 0.5) is 5.69 Å². The lowest BCUT2D eigenvalue weighted by molar-refractivity contribution is -0.121. The van der Waals surface area contributed by atoms with Crippen LogP contribution in [0.2, 0.25) is 5.02 Å². The van der Waals surface area contributed by atoms with Crippen LogP contribution in [-0.4, -0.2) is 31.4 Å². The Hall–Kier alpha value is -2.86. The first-order chi connectivity index (χ1) is 12.9. The molecule has 0 aliphatic rings. The third-order valence-corrected chi connectivity index (χ3v) is 4.20. The van der Waals surface area contributed by atoms with Crippen LogP contribution >= 0.6 is 11.6 Å².